The van der Waals surface area contributed by atoms with Crippen molar-refractivity contribution in [2.24, 2.45) is 5.73 Å². The number of hydrogen-bond donors (Lipinski definition) is 1. The molecule has 0 aromatic carbocycles. The van der Waals surface area contributed by atoms with Crippen LogP contribution in [0.4, 0.5) is 0 Å². The second-order valence-electron chi connectivity index (χ2n) is 3.42. The Labute approximate surface area is 92.0 Å². The Morgan fingerprint density at radius 3 is 2.87 bits per heavy atom. The van der Waals surface area contributed by atoms with Crippen molar-refractivity contribution in [2.45, 2.75) is 19.4 Å². The third kappa shape index (κ3) is 2.40. The molecule has 2 N–H and O–H groups in total. The van der Waals surface area contributed by atoms with E-state index in [4.69, 9.17) is 26.2 Å². The molecule has 0 aliphatic rings. The summed E-state index contributed by atoms with van der Waals surface area (Å²) in [6.07, 6.45) is 2.30. The van der Waals surface area contributed by atoms with Gasteiger partial charge in [0.15, 0.2) is 11.0 Å². The molecule has 4 nitrogen and oxygen atoms in total. The molecule has 0 spiro atoms. The zero-order chi connectivity index (χ0) is 10.8. The Morgan fingerprint density at radius 2 is 2.27 bits per heavy atom. The molecule has 1 atom stereocenters. The first-order chi connectivity index (χ1) is 7.15. The minimum Gasteiger partial charge on any atom is -0.440 e. The van der Waals surface area contributed by atoms with Crippen LogP contribution in [0.3, 0.4) is 0 Å². The van der Waals surface area contributed by atoms with Gasteiger partial charge in [-0.1, -0.05) is 0 Å². The van der Waals surface area contributed by atoms with Crippen LogP contribution in [-0.2, 0) is 6.42 Å². The molecule has 2 aromatic rings. The van der Waals surface area contributed by atoms with E-state index >= 15 is 0 Å². The number of rotatable bonds is 3. The molecule has 5 heteroatoms. The van der Waals surface area contributed by atoms with Crippen LogP contribution < -0.4 is 5.73 Å². The first kappa shape index (κ1) is 10.3. The number of halogens is 1. The van der Waals surface area contributed by atoms with Crippen molar-refractivity contribution in [1.82, 2.24) is 4.98 Å². The van der Waals surface area contributed by atoms with E-state index < -0.39 is 0 Å². The summed E-state index contributed by atoms with van der Waals surface area (Å²) in [4.78, 5) is 4.08. The highest BCUT2D eigenvalue weighted by Gasteiger charge is 2.11. The van der Waals surface area contributed by atoms with Crippen molar-refractivity contribution in [3.8, 4) is 11.7 Å². The maximum Gasteiger partial charge on any atom is 0.263 e. The summed E-state index contributed by atoms with van der Waals surface area (Å²) < 4.78 is 10.6. The van der Waals surface area contributed by atoms with Crippen molar-refractivity contribution in [3.05, 3.63) is 29.3 Å². The van der Waals surface area contributed by atoms with Crippen LogP contribution in [0.5, 0.6) is 0 Å². The number of oxazole rings is 1. The molecule has 1 unspecified atom stereocenters. The highest BCUT2D eigenvalue weighted by Crippen LogP contribution is 2.24. The zero-order valence-corrected chi connectivity index (χ0v) is 8.99. The summed E-state index contributed by atoms with van der Waals surface area (Å²) in [6, 6.07) is 3.40. The van der Waals surface area contributed by atoms with Gasteiger partial charge in [-0.2, -0.15) is 0 Å². The van der Waals surface area contributed by atoms with Gasteiger partial charge in [0.1, 0.15) is 5.76 Å². The van der Waals surface area contributed by atoms with Gasteiger partial charge in [0.05, 0.1) is 6.20 Å². The summed E-state index contributed by atoms with van der Waals surface area (Å²) in [7, 11) is 0. The average molecular weight is 227 g/mol. The maximum atomic E-state index is 5.65. The van der Waals surface area contributed by atoms with Gasteiger partial charge in [0, 0.05) is 12.5 Å². The third-order valence-corrected chi connectivity index (χ3v) is 2.06. The minimum atomic E-state index is 0.0472. The standard InChI is InChI=1S/C10H11ClN2O2/c1-6(12)4-7-5-13-10(14-7)8-2-3-9(11)15-8/h2-3,5-6H,4,12H2,1H3. The van der Waals surface area contributed by atoms with Gasteiger partial charge in [-0.25, -0.2) is 4.98 Å². The molecule has 0 saturated carbocycles. The lowest BCUT2D eigenvalue weighted by molar-refractivity contribution is 0.476. The van der Waals surface area contributed by atoms with E-state index in [2.05, 4.69) is 4.98 Å². The molecular weight excluding hydrogens is 216 g/mol. The first-order valence-corrected chi connectivity index (χ1v) is 4.99. The molecule has 15 heavy (non-hydrogen) atoms. The zero-order valence-electron chi connectivity index (χ0n) is 8.24. The summed E-state index contributed by atoms with van der Waals surface area (Å²) in [5.41, 5.74) is 5.64. The van der Waals surface area contributed by atoms with E-state index in [0.29, 0.717) is 23.3 Å². The van der Waals surface area contributed by atoms with Crippen molar-refractivity contribution in [2.75, 3.05) is 0 Å². The second-order valence-corrected chi connectivity index (χ2v) is 3.79. The predicted octanol–water partition coefficient (Wildman–Crippen LogP) is 2.48. The second kappa shape index (κ2) is 4.08. The fraction of sp³-hybridized carbons (Fsp3) is 0.300. The quantitative estimate of drug-likeness (QED) is 0.873. The van der Waals surface area contributed by atoms with Gasteiger partial charge in [-0.15, -0.1) is 0 Å². The van der Waals surface area contributed by atoms with Crippen molar-refractivity contribution in [1.29, 1.82) is 0 Å². The van der Waals surface area contributed by atoms with E-state index in [1.54, 1.807) is 18.3 Å². The van der Waals surface area contributed by atoms with E-state index in [0.717, 1.165) is 5.76 Å². The van der Waals surface area contributed by atoms with Crippen LogP contribution in [0.15, 0.2) is 27.2 Å². The van der Waals surface area contributed by atoms with Crippen LogP contribution in [0.25, 0.3) is 11.7 Å². The van der Waals surface area contributed by atoms with Gasteiger partial charge in [0.25, 0.3) is 5.89 Å². The van der Waals surface area contributed by atoms with Gasteiger partial charge in [0.2, 0.25) is 0 Å². The Kier molecular flexibility index (Phi) is 2.79. The molecule has 2 rings (SSSR count). The van der Waals surface area contributed by atoms with Gasteiger partial charge >= 0.3 is 0 Å². The summed E-state index contributed by atoms with van der Waals surface area (Å²) in [5.74, 6) is 1.70. The van der Waals surface area contributed by atoms with E-state index in [1.165, 1.54) is 0 Å². The molecule has 0 fully saturated rings. The topological polar surface area (TPSA) is 65.2 Å². The molecule has 0 aliphatic carbocycles. The minimum absolute atomic E-state index is 0.0472. The van der Waals surface area contributed by atoms with Crippen LogP contribution in [-0.4, -0.2) is 11.0 Å². The highest BCUT2D eigenvalue weighted by molar-refractivity contribution is 6.28. The average Bonchev–Trinajstić information content (AvgIpc) is 2.72. The monoisotopic (exact) mass is 226 g/mol. The fourth-order valence-corrected chi connectivity index (χ4v) is 1.41. The molecule has 80 valence electrons. The lowest BCUT2D eigenvalue weighted by Crippen LogP contribution is -2.17. The normalized spacial score (nSPS) is 13.0. The number of nitrogens with two attached hydrogens (primary N) is 1. The summed E-state index contributed by atoms with van der Waals surface area (Å²) >= 11 is 5.65. The van der Waals surface area contributed by atoms with Gasteiger partial charge < -0.3 is 14.6 Å². The highest BCUT2D eigenvalue weighted by atomic mass is 35.5. The third-order valence-electron chi connectivity index (χ3n) is 1.86. The molecule has 0 saturated heterocycles. The Balaban J connectivity index is 2.20. The summed E-state index contributed by atoms with van der Waals surface area (Å²) in [6.45, 7) is 1.91. The number of furan rings is 1. The first-order valence-electron chi connectivity index (χ1n) is 4.61. The predicted molar refractivity (Wildman–Crippen MR) is 56.6 cm³/mol. The lowest BCUT2D eigenvalue weighted by atomic mass is 10.2. The van der Waals surface area contributed by atoms with Gasteiger partial charge in [-0.3, -0.25) is 0 Å². The molecule has 0 aliphatic heterocycles. The van der Waals surface area contributed by atoms with Crippen LogP contribution in [0.1, 0.15) is 12.7 Å². The van der Waals surface area contributed by atoms with Crippen LogP contribution in [0, 0.1) is 0 Å². The Bertz CT molecular complexity index is 448. The SMILES string of the molecule is CC(N)Cc1cnc(-c2ccc(Cl)o2)o1. The number of hydrogen-bond acceptors (Lipinski definition) is 4. The molecule has 2 heterocycles. The smallest absolute Gasteiger partial charge is 0.263 e. The number of nitrogens with zero attached hydrogens (tertiary/aromatic N) is 1. The molecule has 0 bridgehead atoms. The van der Waals surface area contributed by atoms with Gasteiger partial charge in [-0.05, 0) is 30.7 Å². The van der Waals surface area contributed by atoms with E-state index in [-0.39, 0.29) is 6.04 Å². The Hall–Kier alpha value is -1.26. The van der Waals surface area contributed by atoms with Crippen molar-refractivity contribution in [3.63, 3.8) is 0 Å². The maximum absolute atomic E-state index is 5.65. The molecule has 0 radical (unpaired) electrons. The van der Waals surface area contributed by atoms with Crippen LogP contribution >= 0.6 is 11.6 Å². The molecular formula is C10H11ClN2O2. The Morgan fingerprint density at radius 1 is 1.47 bits per heavy atom. The van der Waals surface area contributed by atoms with Crippen molar-refractivity contribution < 1.29 is 8.83 Å². The largest absolute Gasteiger partial charge is 0.440 e. The van der Waals surface area contributed by atoms with E-state index in [9.17, 15) is 0 Å². The summed E-state index contributed by atoms with van der Waals surface area (Å²) in [5, 5.41) is 0.317. The van der Waals surface area contributed by atoms with Crippen LogP contribution in [0.2, 0.25) is 5.22 Å². The lowest BCUT2D eigenvalue weighted by Gasteiger charge is -1.98. The van der Waals surface area contributed by atoms with E-state index in [1.807, 2.05) is 6.92 Å². The molecule has 2 aromatic heterocycles. The molecule has 0 amide bonds. The van der Waals surface area contributed by atoms with Crippen molar-refractivity contribution >= 4 is 11.6 Å². The fourth-order valence-electron chi connectivity index (χ4n) is 1.26. The number of aromatic nitrogens is 1.